The number of anilines is 4. The molecular formula is C18H17ClN4O. The summed E-state index contributed by atoms with van der Waals surface area (Å²) in [5.41, 5.74) is 1.80. The van der Waals surface area contributed by atoms with Crippen LogP contribution in [0.2, 0.25) is 5.02 Å². The Hall–Kier alpha value is -2.79. The van der Waals surface area contributed by atoms with Crippen LogP contribution in [0.3, 0.4) is 0 Å². The van der Waals surface area contributed by atoms with E-state index in [4.69, 9.17) is 16.3 Å². The van der Waals surface area contributed by atoms with Gasteiger partial charge in [0.1, 0.15) is 11.6 Å². The van der Waals surface area contributed by atoms with Gasteiger partial charge in [-0.05, 0) is 61.5 Å². The van der Waals surface area contributed by atoms with Gasteiger partial charge in [-0.15, -0.1) is 0 Å². The molecule has 3 aromatic rings. The van der Waals surface area contributed by atoms with E-state index in [-0.39, 0.29) is 0 Å². The van der Waals surface area contributed by atoms with Crippen molar-refractivity contribution in [1.82, 2.24) is 9.97 Å². The van der Waals surface area contributed by atoms with E-state index in [1.54, 1.807) is 6.20 Å². The van der Waals surface area contributed by atoms with E-state index < -0.39 is 0 Å². The normalized spacial score (nSPS) is 10.2. The maximum atomic E-state index is 5.88. The summed E-state index contributed by atoms with van der Waals surface area (Å²) in [5, 5.41) is 7.07. The van der Waals surface area contributed by atoms with Gasteiger partial charge < -0.3 is 15.4 Å². The van der Waals surface area contributed by atoms with Crippen molar-refractivity contribution in [3.63, 3.8) is 0 Å². The van der Waals surface area contributed by atoms with Gasteiger partial charge in [0, 0.05) is 22.6 Å². The molecule has 0 aliphatic rings. The fourth-order valence-electron chi connectivity index (χ4n) is 2.10. The molecule has 1 heterocycles. The first-order valence-corrected chi connectivity index (χ1v) is 7.96. The molecule has 0 amide bonds. The lowest BCUT2D eigenvalue weighted by atomic mass is 10.3. The highest BCUT2D eigenvalue weighted by Gasteiger charge is 2.02. The molecule has 0 saturated carbocycles. The minimum atomic E-state index is 0.508. The molecule has 0 radical (unpaired) electrons. The summed E-state index contributed by atoms with van der Waals surface area (Å²) in [6.45, 7) is 2.61. The van der Waals surface area contributed by atoms with E-state index >= 15 is 0 Å². The van der Waals surface area contributed by atoms with Gasteiger partial charge in [-0.3, -0.25) is 0 Å². The van der Waals surface area contributed by atoms with Crippen LogP contribution >= 0.6 is 11.6 Å². The Morgan fingerprint density at radius 1 is 0.917 bits per heavy atom. The molecule has 2 N–H and O–H groups in total. The predicted octanol–water partition coefficient (Wildman–Crippen LogP) is 5.02. The van der Waals surface area contributed by atoms with Gasteiger partial charge in [0.2, 0.25) is 5.95 Å². The summed E-state index contributed by atoms with van der Waals surface area (Å²) >= 11 is 5.88. The Morgan fingerprint density at radius 3 is 2.29 bits per heavy atom. The first kappa shape index (κ1) is 16.1. The molecule has 0 atom stereocenters. The SMILES string of the molecule is CCOc1ccc(Nc2ccnc(Nc3ccc(Cl)cc3)n2)cc1. The average molecular weight is 341 g/mol. The number of hydrogen-bond donors (Lipinski definition) is 2. The fraction of sp³-hybridized carbons (Fsp3) is 0.111. The molecule has 2 aromatic carbocycles. The van der Waals surface area contributed by atoms with Gasteiger partial charge in [-0.1, -0.05) is 11.6 Å². The third-order valence-electron chi connectivity index (χ3n) is 3.19. The van der Waals surface area contributed by atoms with Crippen molar-refractivity contribution in [2.45, 2.75) is 6.92 Å². The first-order valence-electron chi connectivity index (χ1n) is 7.58. The van der Waals surface area contributed by atoms with Crippen LogP contribution in [0, 0.1) is 0 Å². The lowest BCUT2D eigenvalue weighted by Gasteiger charge is -2.09. The zero-order valence-corrected chi connectivity index (χ0v) is 13.9. The summed E-state index contributed by atoms with van der Waals surface area (Å²) in [5.74, 6) is 2.05. The fourth-order valence-corrected chi connectivity index (χ4v) is 2.23. The minimum absolute atomic E-state index is 0.508. The second kappa shape index (κ2) is 7.66. The van der Waals surface area contributed by atoms with Gasteiger partial charge >= 0.3 is 0 Å². The zero-order chi connectivity index (χ0) is 16.8. The highest BCUT2D eigenvalue weighted by atomic mass is 35.5. The van der Waals surface area contributed by atoms with Crippen LogP contribution in [-0.4, -0.2) is 16.6 Å². The van der Waals surface area contributed by atoms with Crippen molar-refractivity contribution in [2.75, 3.05) is 17.2 Å². The Balaban J connectivity index is 1.69. The minimum Gasteiger partial charge on any atom is -0.494 e. The lowest BCUT2D eigenvalue weighted by Crippen LogP contribution is -2.00. The van der Waals surface area contributed by atoms with E-state index in [9.17, 15) is 0 Å². The number of aromatic nitrogens is 2. The molecule has 6 heteroatoms. The van der Waals surface area contributed by atoms with Gasteiger partial charge in [-0.2, -0.15) is 4.98 Å². The van der Waals surface area contributed by atoms with Crippen LogP contribution < -0.4 is 15.4 Å². The van der Waals surface area contributed by atoms with Crippen molar-refractivity contribution in [2.24, 2.45) is 0 Å². The van der Waals surface area contributed by atoms with E-state index in [1.807, 2.05) is 61.5 Å². The van der Waals surface area contributed by atoms with Crippen LogP contribution in [0.5, 0.6) is 5.75 Å². The molecular weight excluding hydrogens is 324 g/mol. The maximum absolute atomic E-state index is 5.88. The molecule has 3 rings (SSSR count). The van der Waals surface area contributed by atoms with Crippen LogP contribution in [0.4, 0.5) is 23.1 Å². The lowest BCUT2D eigenvalue weighted by molar-refractivity contribution is 0.340. The third-order valence-corrected chi connectivity index (χ3v) is 3.45. The Labute approximate surface area is 145 Å². The monoisotopic (exact) mass is 340 g/mol. The number of nitrogens with one attached hydrogen (secondary N) is 2. The van der Waals surface area contributed by atoms with E-state index in [1.165, 1.54) is 0 Å². The topological polar surface area (TPSA) is 59.1 Å². The van der Waals surface area contributed by atoms with Crippen molar-refractivity contribution in [1.29, 1.82) is 0 Å². The summed E-state index contributed by atoms with van der Waals surface area (Å²) in [6.07, 6.45) is 1.70. The van der Waals surface area contributed by atoms with Crippen molar-refractivity contribution in [3.8, 4) is 5.75 Å². The van der Waals surface area contributed by atoms with Crippen molar-refractivity contribution in [3.05, 3.63) is 65.8 Å². The summed E-state index contributed by atoms with van der Waals surface area (Å²) in [7, 11) is 0. The van der Waals surface area contributed by atoms with Crippen molar-refractivity contribution < 1.29 is 4.74 Å². The summed E-state index contributed by atoms with van der Waals surface area (Å²) in [4.78, 5) is 8.67. The molecule has 0 bridgehead atoms. The number of hydrogen-bond acceptors (Lipinski definition) is 5. The van der Waals surface area contributed by atoms with Gasteiger partial charge in [0.25, 0.3) is 0 Å². The maximum Gasteiger partial charge on any atom is 0.229 e. The third kappa shape index (κ3) is 4.36. The second-order valence-corrected chi connectivity index (χ2v) is 5.42. The Kier molecular flexibility index (Phi) is 5.13. The molecule has 0 spiro atoms. The smallest absolute Gasteiger partial charge is 0.229 e. The standard InChI is InChI=1S/C18H17ClN4O/c1-2-24-16-9-7-14(8-10-16)21-17-11-12-20-18(23-17)22-15-5-3-13(19)4-6-15/h3-12H,2H2,1H3,(H2,20,21,22,23). The number of benzene rings is 2. The van der Waals surface area contributed by atoms with Crippen molar-refractivity contribution >= 4 is 34.7 Å². The van der Waals surface area contributed by atoms with Gasteiger partial charge in [0.05, 0.1) is 6.61 Å². The molecule has 0 unspecified atom stereocenters. The first-order chi connectivity index (χ1) is 11.7. The number of halogens is 1. The predicted molar refractivity (Wildman–Crippen MR) is 97.7 cm³/mol. The molecule has 0 aliphatic carbocycles. The summed E-state index contributed by atoms with van der Waals surface area (Å²) < 4.78 is 5.43. The largest absolute Gasteiger partial charge is 0.494 e. The number of nitrogens with zero attached hydrogens (tertiary/aromatic N) is 2. The van der Waals surface area contributed by atoms with E-state index in [2.05, 4.69) is 20.6 Å². The molecule has 0 fully saturated rings. The Morgan fingerprint density at radius 2 is 1.58 bits per heavy atom. The highest BCUT2D eigenvalue weighted by Crippen LogP contribution is 2.21. The molecule has 1 aromatic heterocycles. The molecule has 122 valence electrons. The second-order valence-electron chi connectivity index (χ2n) is 4.98. The number of ether oxygens (including phenoxy) is 1. The van der Waals surface area contributed by atoms with Crippen LogP contribution in [0.1, 0.15) is 6.92 Å². The Bertz CT molecular complexity index is 791. The van der Waals surface area contributed by atoms with Crippen LogP contribution in [0.15, 0.2) is 60.8 Å². The van der Waals surface area contributed by atoms with E-state index in [0.717, 1.165) is 17.1 Å². The highest BCUT2D eigenvalue weighted by molar-refractivity contribution is 6.30. The average Bonchev–Trinajstić information content (AvgIpc) is 2.59. The quantitative estimate of drug-likeness (QED) is 0.660. The molecule has 0 saturated heterocycles. The molecule has 24 heavy (non-hydrogen) atoms. The zero-order valence-electron chi connectivity index (χ0n) is 13.2. The van der Waals surface area contributed by atoms with Crippen LogP contribution in [0.25, 0.3) is 0 Å². The van der Waals surface area contributed by atoms with E-state index in [0.29, 0.717) is 23.4 Å². The molecule has 0 aliphatic heterocycles. The summed E-state index contributed by atoms with van der Waals surface area (Å²) in [6, 6.07) is 16.9. The number of rotatable bonds is 6. The van der Waals surface area contributed by atoms with Gasteiger partial charge in [-0.25, -0.2) is 4.98 Å². The van der Waals surface area contributed by atoms with Crippen LogP contribution in [-0.2, 0) is 0 Å². The molecule has 5 nitrogen and oxygen atoms in total. The van der Waals surface area contributed by atoms with Gasteiger partial charge in [0.15, 0.2) is 0 Å².